The minimum Gasteiger partial charge on any atom is -0.475 e. The van der Waals surface area contributed by atoms with E-state index in [2.05, 4.69) is 4.98 Å². The van der Waals surface area contributed by atoms with Gasteiger partial charge in [0.25, 0.3) is 0 Å². The van der Waals surface area contributed by atoms with E-state index >= 15 is 0 Å². The lowest BCUT2D eigenvalue weighted by Gasteiger charge is -2.10. The van der Waals surface area contributed by atoms with Gasteiger partial charge in [-0.25, -0.2) is 4.98 Å². The van der Waals surface area contributed by atoms with E-state index in [1.165, 1.54) is 6.08 Å². The Labute approximate surface area is 88.8 Å². The molecular weight excluding hydrogens is 192 g/mol. The largest absolute Gasteiger partial charge is 0.475 e. The van der Waals surface area contributed by atoms with Crippen molar-refractivity contribution in [1.82, 2.24) is 4.98 Å². The topological polar surface area (TPSA) is 65.2 Å². The molecular formula is C11H14N2O2. The lowest BCUT2D eigenvalue weighted by molar-refractivity contribution is -0.113. The highest BCUT2D eigenvalue weighted by atomic mass is 16.5. The number of pyridine rings is 1. The molecule has 0 aliphatic heterocycles. The molecule has 4 heteroatoms. The molecule has 15 heavy (non-hydrogen) atoms. The van der Waals surface area contributed by atoms with Gasteiger partial charge < -0.3 is 10.5 Å². The van der Waals surface area contributed by atoms with Crippen LogP contribution in [0.15, 0.2) is 24.4 Å². The van der Waals surface area contributed by atoms with Crippen molar-refractivity contribution in [2.45, 2.75) is 20.0 Å². The maximum absolute atomic E-state index is 10.6. The van der Waals surface area contributed by atoms with Crippen molar-refractivity contribution in [3.8, 4) is 5.88 Å². The third-order valence-corrected chi connectivity index (χ3v) is 1.58. The van der Waals surface area contributed by atoms with E-state index in [0.717, 1.165) is 5.56 Å². The number of hydrogen-bond acceptors (Lipinski definition) is 3. The second-order valence-corrected chi connectivity index (χ2v) is 3.30. The SMILES string of the molecule is CC(C)Oc1ncccc1/C=C/C(N)=O. The maximum atomic E-state index is 10.6. The molecule has 1 aromatic heterocycles. The fourth-order valence-electron chi connectivity index (χ4n) is 1.02. The molecule has 0 radical (unpaired) electrons. The van der Waals surface area contributed by atoms with Crippen LogP contribution in [0, 0.1) is 0 Å². The highest BCUT2D eigenvalue weighted by Crippen LogP contribution is 2.17. The van der Waals surface area contributed by atoms with E-state index in [1.54, 1.807) is 18.3 Å². The summed E-state index contributed by atoms with van der Waals surface area (Å²) in [6.45, 7) is 3.83. The number of nitrogens with two attached hydrogens (primary N) is 1. The molecule has 0 saturated carbocycles. The number of primary amides is 1. The lowest BCUT2D eigenvalue weighted by Crippen LogP contribution is -2.08. The van der Waals surface area contributed by atoms with Crippen molar-refractivity contribution < 1.29 is 9.53 Å². The minimum absolute atomic E-state index is 0.0422. The Morgan fingerprint density at radius 1 is 1.60 bits per heavy atom. The van der Waals surface area contributed by atoms with E-state index in [4.69, 9.17) is 10.5 Å². The molecule has 0 atom stereocenters. The third-order valence-electron chi connectivity index (χ3n) is 1.58. The van der Waals surface area contributed by atoms with Crippen LogP contribution >= 0.6 is 0 Å². The standard InChI is InChI=1S/C11H14N2O2/c1-8(2)15-11-9(4-3-7-13-11)5-6-10(12)14/h3-8H,1-2H3,(H2,12,14)/b6-5+. The highest BCUT2D eigenvalue weighted by Gasteiger charge is 2.03. The summed E-state index contributed by atoms with van der Waals surface area (Å²) in [6, 6.07) is 3.58. The molecule has 0 fully saturated rings. The Morgan fingerprint density at radius 3 is 2.93 bits per heavy atom. The van der Waals surface area contributed by atoms with Crippen LogP contribution in [0.2, 0.25) is 0 Å². The van der Waals surface area contributed by atoms with Crippen LogP contribution in [0.3, 0.4) is 0 Å². The van der Waals surface area contributed by atoms with Crippen molar-refractivity contribution in [1.29, 1.82) is 0 Å². The fraction of sp³-hybridized carbons (Fsp3) is 0.273. The monoisotopic (exact) mass is 206 g/mol. The molecule has 2 N–H and O–H groups in total. The zero-order valence-electron chi connectivity index (χ0n) is 8.81. The van der Waals surface area contributed by atoms with E-state index < -0.39 is 5.91 Å². The molecule has 0 aliphatic rings. The number of amides is 1. The first-order valence-corrected chi connectivity index (χ1v) is 4.69. The van der Waals surface area contributed by atoms with Crippen LogP contribution < -0.4 is 10.5 Å². The number of nitrogens with zero attached hydrogens (tertiary/aromatic N) is 1. The first kappa shape index (κ1) is 11.2. The average molecular weight is 206 g/mol. The Balaban J connectivity index is 2.91. The number of ether oxygens (including phenoxy) is 1. The number of rotatable bonds is 4. The smallest absolute Gasteiger partial charge is 0.241 e. The number of carbonyl (C=O) groups is 1. The summed E-state index contributed by atoms with van der Waals surface area (Å²) >= 11 is 0. The second-order valence-electron chi connectivity index (χ2n) is 3.30. The fourth-order valence-corrected chi connectivity index (χ4v) is 1.02. The Kier molecular flexibility index (Phi) is 3.85. The lowest BCUT2D eigenvalue weighted by atomic mass is 10.2. The van der Waals surface area contributed by atoms with Crippen molar-refractivity contribution in [2.75, 3.05) is 0 Å². The zero-order chi connectivity index (χ0) is 11.3. The average Bonchev–Trinajstić information content (AvgIpc) is 2.15. The van der Waals surface area contributed by atoms with Crippen LogP contribution in [0.25, 0.3) is 6.08 Å². The van der Waals surface area contributed by atoms with Gasteiger partial charge in [0.15, 0.2) is 0 Å². The van der Waals surface area contributed by atoms with Crippen molar-refractivity contribution in [3.63, 3.8) is 0 Å². The Morgan fingerprint density at radius 2 is 2.33 bits per heavy atom. The van der Waals surface area contributed by atoms with Gasteiger partial charge in [0, 0.05) is 17.8 Å². The summed E-state index contributed by atoms with van der Waals surface area (Å²) < 4.78 is 5.46. The molecule has 0 aliphatic carbocycles. The van der Waals surface area contributed by atoms with Crippen molar-refractivity contribution in [2.24, 2.45) is 5.73 Å². The van der Waals surface area contributed by atoms with Gasteiger partial charge in [0.05, 0.1) is 6.10 Å². The summed E-state index contributed by atoms with van der Waals surface area (Å²) in [5.41, 5.74) is 5.75. The van der Waals surface area contributed by atoms with Gasteiger partial charge in [-0.1, -0.05) is 0 Å². The predicted octanol–water partition coefficient (Wildman–Crippen LogP) is 1.37. The quantitative estimate of drug-likeness (QED) is 0.756. The second kappa shape index (κ2) is 5.14. The Bertz CT molecular complexity index is 373. The Hall–Kier alpha value is -1.84. The molecule has 0 aromatic carbocycles. The normalized spacial score (nSPS) is 10.9. The zero-order valence-corrected chi connectivity index (χ0v) is 8.81. The number of carbonyl (C=O) groups excluding carboxylic acids is 1. The molecule has 4 nitrogen and oxygen atoms in total. The molecule has 1 aromatic rings. The van der Waals surface area contributed by atoms with Crippen LogP contribution in [0.4, 0.5) is 0 Å². The molecule has 0 bridgehead atoms. The number of hydrogen-bond donors (Lipinski definition) is 1. The van der Waals surface area contributed by atoms with Gasteiger partial charge >= 0.3 is 0 Å². The highest BCUT2D eigenvalue weighted by molar-refractivity contribution is 5.90. The summed E-state index contributed by atoms with van der Waals surface area (Å²) in [5.74, 6) is 0.0133. The van der Waals surface area contributed by atoms with Crippen LogP contribution in [-0.2, 0) is 4.79 Å². The maximum Gasteiger partial charge on any atom is 0.241 e. The molecule has 0 unspecified atom stereocenters. The van der Waals surface area contributed by atoms with Crippen LogP contribution in [-0.4, -0.2) is 17.0 Å². The summed E-state index contributed by atoms with van der Waals surface area (Å²) in [6.07, 6.45) is 4.55. The van der Waals surface area contributed by atoms with Crippen LogP contribution in [0.5, 0.6) is 5.88 Å². The molecule has 1 amide bonds. The third kappa shape index (κ3) is 3.81. The first-order chi connectivity index (χ1) is 7.09. The first-order valence-electron chi connectivity index (χ1n) is 4.69. The minimum atomic E-state index is -0.491. The van der Waals surface area contributed by atoms with Gasteiger partial charge in [-0.05, 0) is 32.1 Å². The van der Waals surface area contributed by atoms with E-state index in [0.29, 0.717) is 5.88 Å². The molecule has 1 rings (SSSR count). The van der Waals surface area contributed by atoms with Gasteiger partial charge in [-0.15, -0.1) is 0 Å². The van der Waals surface area contributed by atoms with E-state index in [9.17, 15) is 4.79 Å². The van der Waals surface area contributed by atoms with Gasteiger partial charge in [0.1, 0.15) is 0 Å². The van der Waals surface area contributed by atoms with Crippen molar-refractivity contribution in [3.05, 3.63) is 30.0 Å². The van der Waals surface area contributed by atoms with Gasteiger partial charge in [-0.3, -0.25) is 4.79 Å². The van der Waals surface area contributed by atoms with Gasteiger partial charge in [0.2, 0.25) is 11.8 Å². The molecule has 0 spiro atoms. The predicted molar refractivity (Wildman–Crippen MR) is 58.2 cm³/mol. The van der Waals surface area contributed by atoms with Crippen LogP contribution in [0.1, 0.15) is 19.4 Å². The molecule has 0 saturated heterocycles. The summed E-state index contributed by atoms with van der Waals surface area (Å²) in [7, 11) is 0. The van der Waals surface area contributed by atoms with Crippen molar-refractivity contribution >= 4 is 12.0 Å². The number of aromatic nitrogens is 1. The molecule has 80 valence electrons. The van der Waals surface area contributed by atoms with E-state index in [1.807, 2.05) is 19.9 Å². The summed E-state index contributed by atoms with van der Waals surface area (Å²) in [4.78, 5) is 14.7. The molecule has 1 heterocycles. The van der Waals surface area contributed by atoms with E-state index in [-0.39, 0.29) is 6.10 Å². The van der Waals surface area contributed by atoms with Gasteiger partial charge in [-0.2, -0.15) is 0 Å². The summed E-state index contributed by atoms with van der Waals surface area (Å²) in [5, 5.41) is 0.